The Labute approximate surface area is 120 Å². The third-order valence-corrected chi connectivity index (χ3v) is 3.58. The van der Waals surface area contributed by atoms with Crippen LogP contribution in [-0.2, 0) is 6.18 Å². The summed E-state index contributed by atoms with van der Waals surface area (Å²) in [5, 5.41) is -0.0649. The maximum Gasteiger partial charge on any atom is 0.433 e. The van der Waals surface area contributed by atoms with E-state index < -0.39 is 17.7 Å². The second kappa shape index (κ2) is 4.85. The lowest BCUT2D eigenvalue weighted by molar-refractivity contribution is -0.141. The van der Waals surface area contributed by atoms with Crippen LogP contribution < -0.4 is 11.3 Å². The number of aromatic nitrogens is 1. The Morgan fingerprint density at radius 3 is 2.40 bits per heavy atom. The Hall–Kier alpha value is -1.41. The van der Waals surface area contributed by atoms with Crippen molar-refractivity contribution in [2.24, 2.45) is 5.84 Å². The van der Waals surface area contributed by atoms with Crippen molar-refractivity contribution in [3.63, 3.8) is 0 Å². The highest BCUT2D eigenvalue weighted by molar-refractivity contribution is 9.10. The zero-order valence-electron chi connectivity index (χ0n) is 10.5. The lowest BCUT2D eigenvalue weighted by Crippen LogP contribution is -2.17. The number of rotatable bonds is 1. The molecule has 0 aliphatic carbocycles. The fraction of sp³-hybridized carbons (Fsp3) is 0.250. The van der Waals surface area contributed by atoms with Gasteiger partial charge in [-0.25, -0.2) is 9.37 Å². The molecule has 3 N–H and O–H groups in total. The molecule has 0 unspecified atom stereocenters. The first-order valence-electron chi connectivity index (χ1n) is 5.51. The van der Waals surface area contributed by atoms with E-state index in [1.54, 1.807) is 6.92 Å². The first kappa shape index (κ1) is 15.0. The predicted octanol–water partition coefficient (Wildman–Crippen LogP) is 4.06. The van der Waals surface area contributed by atoms with Crippen molar-refractivity contribution in [1.29, 1.82) is 0 Å². The van der Waals surface area contributed by atoms with Gasteiger partial charge in [-0.15, -0.1) is 0 Å². The number of hydrogen-bond acceptors (Lipinski definition) is 3. The van der Waals surface area contributed by atoms with Crippen molar-refractivity contribution in [3.8, 4) is 0 Å². The van der Waals surface area contributed by atoms with E-state index in [9.17, 15) is 17.6 Å². The van der Waals surface area contributed by atoms with Gasteiger partial charge >= 0.3 is 6.18 Å². The summed E-state index contributed by atoms with van der Waals surface area (Å²) in [6, 6.07) is 1.38. The largest absolute Gasteiger partial charge is 0.433 e. The lowest BCUT2D eigenvalue weighted by Gasteiger charge is -2.17. The molecule has 0 aliphatic heterocycles. The van der Waals surface area contributed by atoms with Gasteiger partial charge in [-0.3, -0.25) is 5.84 Å². The fourth-order valence-electron chi connectivity index (χ4n) is 2.07. The summed E-state index contributed by atoms with van der Waals surface area (Å²) in [4.78, 5) is 3.57. The molecule has 8 heteroatoms. The molecule has 0 radical (unpaired) electrons. The number of nitrogens with zero attached hydrogens (tertiary/aromatic N) is 1. The highest BCUT2D eigenvalue weighted by Gasteiger charge is 2.36. The van der Waals surface area contributed by atoms with Gasteiger partial charge in [0.05, 0.1) is 21.1 Å². The summed E-state index contributed by atoms with van der Waals surface area (Å²) < 4.78 is 53.2. The normalized spacial score (nSPS) is 12.0. The van der Waals surface area contributed by atoms with Crippen molar-refractivity contribution >= 4 is 32.5 Å². The Morgan fingerprint density at radius 1 is 1.30 bits per heavy atom. The number of nitrogens with two attached hydrogens (primary N) is 1. The maximum absolute atomic E-state index is 14.2. The minimum atomic E-state index is -4.64. The van der Waals surface area contributed by atoms with Crippen LogP contribution in [0.25, 0.3) is 10.9 Å². The van der Waals surface area contributed by atoms with Crippen LogP contribution in [0.2, 0.25) is 0 Å². The van der Waals surface area contributed by atoms with E-state index in [2.05, 4.69) is 26.3 Å². The summed E-state index contributed by atoms with van der Waals surface area (Å²) >= 11 is 3.02. The molecule has 0 aliphatic rings. The van der Waals surface area contributed by atoms with E-state index in [-0.39, 0.29) is 26.6 Å². The molecular formula is C12H10BrF4N3. The van der Waals surface area contributed by atoms with E-state index in [1.165, 1.54) is 13.0 Å². The third-order valence-electron chi connectivity index (χ3n) is 3.00. The van der Waals surface area contributed by atoms with Gasteiger partial charge in [-0.05, 0) is 41.4 Å². The van der Waals surface area contributed by atoms with Gasteiger partial charge in [0.15, 0.2) is 0 Å². The number of anilines is 1. The number of benzene rings is 1. The molecule has 2 rings (SSSR count). The molecular weight excluding hydrogens is 342 g/mol. The van der Waals surface area contributed by atoms with Gasteiger partial charge in [-0.2, -0.15) is 13.2 Å². The van der Waals surface area contributed by atoms with Gasteiger partial charge in [0, 0.05) is 5.56 Å². The lowest BCUT2D eigenvalue weighted by atomic mass is 10.0. The maximum atomic E-state index is 14.2. The molecule has 0 amide bonds. The second-order valence-corrected chi connectivity index (χ2v) is 5.17. The quantitative estimate of drug-likeness (QED) is 0.462. The van der Waals surface area contributed by atoms with Gasteiger partial charge < -0.3 is 5.43 Å². The van der Waals surface area contributed by atoms with E-state index in [0.717, 1.165) is 0 Å². The summed E-state index contributed by atoms with van der Waals surface area (Å²) in [5.74, 6) is 4.57. The number of halogens is 5. The van der Waals surface area contributed by atoms with Crippen molar-refractivity contribution < 1.29 is 17.6 Å². The Balaban J connectivity index is 3.04. The zero-order valence-corrected chi connectivity index (χ0v) is 12.1. The molecule has 3 nitrogen and oxygen atoms in total. The first-order valence-corrected chi connectivity index (χ1v) is 6.30. The molecule has 20 heavy (non-hydrogen) atoms. The van der Waals surface area contributed by atoms with Gasteiger partial charge in [0.1, 0.15) is 11.5 Å². The molecule has 0 atom stereocenters. The Kier molecular flexibility index (Phi) is 3.64. The zero-order chi connectivity index (χ0) is 15.2. The number of hydrogen-bond donors (Lipinski definition) is 2. The molecule has 1 aromatic heterocycles. The van der Waals surface area contributed by atoms with Crippen LogP contribution in [0.4, 0.5) is 23.2 Å². The number of hydrazine groups is 1. The number of aryl methyl sites for hydroxylation is 1. The van der Waals surface area contributed by atoms with Crippen molar-refractivity contribution in [2.45, 2.75) is 20.0 Å². The molecule has 0 spiro atoms. The molecule has 0 saturated heterocycles. The Bertz CT molecular complexity index is 698. The minimum absolute atomic E-state index is 0.0649. The van der Waals surface area contributed by atoms with Crippen LogP contribution >= 0.6 is 15.9 Å². The van der Waals surface area contributed by atoms with Crippen molar-refractivity contribution in [1.82, 2.24) is 4.98 Å². The monoisotopic (exact) mass is 351 g/mol. The molecule has 2 aromatic rings. The number of alkyl halides is 3. The average Bonchev–Trinajstić information content (AvgIpc) is 2.33. The second-order valence-electron chi connectivity index (χ2n) is 4.32. The van der Waals surface area contributed by atoms with Gasteiger partial charge in [-0.1, -0.05) is 0 Å². The number of nitrogen functional groups attached to an aromatic ring is 1. The average molecular weight is 352 g/mol. The highest BCUT2D eigenvalue weighted by atomic mass is 79.9. The number of fused-ring (bicyclic) bond motifs is 1. The number of pyridine rings is 1. The third kappa shape index (κ3) is 2.22. The van der Waals surface area contributed by atoms with E-state index >= 15 is 0 Å². The smallest absolute Gasteiger partial charge is 0.323 e. The van der Waals surface area contributed by atoms with E-state index in [4.69, 9.17) is 5.84 Å². The first-order chi connectivity index (χ1) is 9.18. The molecule has 108 valence electrons. The molecule has 0 fully saturated rings. The molecule has 0 bridgehead atoms. The molecule has 0 saturated carbocycles. The standard InChI is InChI=1S/C12H10BrF4N3/c1-4-3-6(13)8(14)7-9(4)19-11(12(15,16)17)5(2)10(7)20-18/h3H,18H2,1-2H3,(H,19,20). The minimum Gasteiger partial charge on any atom is -0.323 e. The summed E-state index contributed by atoms with van der Waals surface area (Å²) in [5.41, 5.74) is 1.04. The van der Waals surface area contributed by atoms with Crippen LogP contribution in [-0.4, -0.2) is 4.98 Å². The van der Waals surface area contributed by atoms with E-state index in [1.807, 2.05) is 0 Å². The summed E-state index contributed by atoms with van der Waals surface area (Å²) in [6.07, 6.45) is -4.64. The Morgan fingerprint density at radius 2 is 1.90 bits per heavy atom. The summed E-state index contributed by atoms with van der Waals surface area (Å²) in [6.45, 7) is 2.75. The van der Waals surface area contributed by atoms with Gasteiger partial charge in [0.2, 0.25) is 0 Å². The van der Waals surface area contributed by atoms with Crippen molar-refractivity contribution in [2.75, 3.05) is 5.43 Å². The van der Waals surface area contributed by atoms with Crippen LogP contribution in [0.5, 0.6) is 0 Å². The molecule has 1 heterocycles. The van der Waals surface area contributed by atoms with Crippen LogP contribution in [0.15, 0.2) is 10.5 Å². The topological polar surface area (TPSA) is 50.9 Å². The fourth-order valence-corrected chi connectivity index (χ4v) is 2.61. The van der Waals surface area contributed by atoms with Crippen LogP contribution in [0.3, 0.4) is 0 Å². The summed E-state index contributed by atoms with van der Waals surface area (Å²) in [7, 11) is 0. The SMILES string of the molecule is Cc1c(C(F)(F)F)nc2c(C)cc(Br)c(F)c2c1NN. The highest BCUT2D eigenvalue weighted by Crippen LogP contribution is 2.39. The van der Waals surface area contributed by atoms with Crippen molar-refractivity contribution in [3.05, 3.63) is 33.2 Å². The van der Waals surface area contributed by atoms with Crippen LogP contribution in [0.1, 0.15) is 16.8 Å². The van der Waals surface area contributed by atoms with Crippen LogP contribution in [0, 0.1) is 19.7 Å². The molecule has 1 aromatic carbocycles. The predicted molar refractivity (Wildman–Crippen MR) is 71.7 cm³/mol. The number of nitrogens with one attached hydrogen (secondary N) is 1. The van der Waals surface area contributed by atoms with E-state index in [0.29, 0.717) is 5.56 Å². The van der Waals surface area contributed by atoms with Gasteiger partial charge in [0.25, 0.3) is 0 Å².